The van der Waals surface area contributed by atoms with Crippen molar-refractivity contribution in [1.82, 2.24) is 15.6 Å². The van der Waals surface area contributed by atoms with Gasteiger partial charge in [-0.2, -0.15) is 4.98 Å². The SMILES string of the molecule is O=C(CCCOc1ccc(CC(Nc2nc3cc([N+](=O)[O-])ccc3o2)C(=O)O)cc1)NC1=NCCCN1. The summed E-state index contributed by atoms with van der Waals surface area (Å²) in [5, 5.41) is 29.1. The van der Waals surface area contributed by atoms with Crippen molar-refractivity contribution in [3.63, 3.8) is 0 Å². The van der Waals surface area contributed by atoms with E-state index in [0.717, 1.165) is 18.5 Å². The molecule has 0 radical (unpaired) electrons. The largest absolute Gasteiger partial charge is 0.494 e. The molecule has 4 rings (SSSR count). The van der Waals surface area contributed by atoms with Crippen LogP contribution in [0.1, 0.15) is 24.8 Å². The van der Waals surface area contributed by atoms with Crippen molar-refractivity contribution in [1.29, 1.82) is 0 Å². The average Bonchev–Trinajstić information content (AvgIpc) is 3.29. The number of non-ortho nitro benzene ring substituents is 1. The summed E-state index contributed by atoms with van der Waals surface area (Å²) in [6.07, 6.45) is 1.91. The standard InChI is InChI=1S/C24H26N6O7/c31-21(29-23-25-10-2-11-26-23)3-1-12-36-17-7-4-15(5-8-17)13-19(22(32)33)28-24-27-18-14-16(30(34)35)6-9-20(18)37-24/h4-9,14,19H,1-3,10-13H2,(H,27,28)(H,32,33)(H2,25,26,29,31). The number of anilines is 1. The Morgan fingerprint density at radius 2 is 2.05 bits per heavy atom. The molecule has 13 heteroatoms. The summed E-state index contributed by atoms with van der Waals surface area (Å²) in [6.45, 7) is 1.85. The molecular weight excluding hydrogens is 484 g/mol. The number of ether oxygens (including phenoxy) is 1. The summed E-state index contributed by atoms with van der Waals surface area (Å²) in [4.78, 5) is 42.5. The number of aliphatic carboxylic acids is 1. The molecule has 1 aromatic heterocycles. The number of nitro benzene ring substituents is 1. The number of carboxylic acids is 1. The van der Waals surface area contributed by atoms with Crippen molar-refractivity contribution in [3.8, 4) is 5.75 Å². The van der Waals surface area contributed by atoms with Gasteiger partial charge in [-0.3, -0.25) is 25.2 Å². The van der Waals surface area contributed by atoms with Gasteiger partial charge in [-0.1, -0.05) is 12.1 Å². The molecule has 13 nitrogen and oxygen atoms in total. The molecular formula is C24H26N6O7. The minimum Gasteiger partial charge on any atom is -0.494 e. The lowest BCUT2D eigenvalue weighted by atomic mass is 10.1. The summed E-state index contributed by atoms with van der Waals surface area (Å²) in [6, 6.07) is 9.83. The van der Waals surface area contributed by atoms with Crippen LogP contribution < -0.4 is 20.7 Å². The van der Waals surface area contributed by atoms with Gasteiger partial charge < -0.3 is 24.9 Å². The second kappa shape index (κ2) is 11.8. The molecule has 1 atom stereocenters. The fourth-order valence-electron chi connectivity index (χ4n) is 3.63. The Morgan fingerprint density at radius 3 is 2.76 bits per heavy atom. The van der Waals surface area contributed by atoms with E-state index in [1.807, 2.05) is 0 Å². The molecule has 1 aliphatic heterocycles. The number of carbonyl (C=O) groups excluding carboxylic acids is 1. The topological polar surface area (TPSA) is 181 Å². The molecule has 0 saturated heterocycles. The van der Waals surface area contributed by atoms with Crippen LogP contribution in [0.5, 0.6) is 5.75 Å². The van der Waals surface area contributed by atoms with Gasteiger partial charge in [-0.05, 0) is 36.6 Å². The predicted octanol–water partition coefficient (Wildman–Crippen LogP) is 2.47. The van der Waals surface area contributed by atoms with Crippen molar-refractivity contribution >= 4 is 40.6 Å². The molecule has 0 spiro atoms. The molecule has 3 aromatic rings. The third kappa shape index (κ3) is 7.16. The molecule has 1 unspecified atom stereocenters. The number of fused-ring (bicyclic) bond motifs is 1. The molecule has 2 heterocycles. The van der Waals surface area contributed by atoms with E-state index in [4.69, 9.17) is 9.15 Å². The van der Waals surface area contributed by atoms with Gasteiger partial charge in [-0.25, -0.2) is 4.79 Å². The lowest BCUT2D eigenvalue weighted by Crippen LogP contribution is -2.43. The highest BCUT2D eigenvalue weighted by Crippen LogP contribution is 2.24. The summed E-state index contributed by atoms with van der Waals surface area (Å²) >= 11 is 0. The lowest BCUT2D eigenvalue weighted by Gasteiger charge is -2.15. The van der Waals surface area contributed by atoms with Gasteiger partial charge in [0.25, 0.3) is 11.7 Å². The quantitative estimate of drug-likeness (QED) is 0.170. The fraction of sp³-hybridized carbons (Fsp3) is 0.333. The first kappa shape index (κ1) is 25.4. The van der Waals surface area contributed by atoms with Crippen LogP contribution in [-0.2, 0) is 16.0 Å². The number of aliphatic imine (C=N–C) groups is 1. The number of guanidine groups is 1. The van der Waals surface area contributed by atoms with Crippen molar-refractivity contribution in [2.75, 3.05) is 25.0 Å². The van der Waals surface area contributed by atoms with Crippen LogP contribution in [0.15, 0.2) is 51.9 Å². The number of nitrogens with zero attached hydrogens (tertiary/aromatic N) is 3. The molecule has 0 saturated carbocycles. The number of benzene rings is 2. The average molecular weight is 511 g/mol. The number of amides is 1. The zero-order valence-corrected chi connectivity index (χ0v) is 19.8. The Hall–Kier alpha value is -4.68. The van der Waals surface area contributed by atoms with E-state index < -0.39 is 16.9 Å². The monoisotopic (exact) mass is 510 g/mol. The van der Waals surface area contributed by atoms with Crippen molar-refractivity contribution in [2.45, 2.75) is 31.7 Å². The first-order valence-corrected chi connectivity index (χ1v) is 11.7. The second-order valence-corrected chi connectivity index (χ2v) is 8.32. The third-order valence-electron chi connectivity index (χ3n) is 5.51. The number of oxazole rings is 1. The zero-order valence-electron chi connectivity index (χ0n) is 19.8. The highest BCUT2D eigenvalue weighted by Gasteiger charge is 2.21. The second-order valence-electron chi connectivity index (χ2n) is 8.32. The van der Waals surface area contributed by atoms with Gasteiger partial charge in [-0.15, -0.1) is 0 Å². The van der Waals surface area contributed by atoms with Crippen LogP contribution in [0.2, 0.25) is 0 Å². The summed E-state index contributed by atoms with van der Waals surface area (Å²) in [5.74, 6) is -0.123. The van der Waals surface area contributed by atoms with Crippen LogP contribution in [0.3, 0.4) is 0 Å². The Balaban J connectivity index is 1.26. The van der Waals surface area contributed by atoms with Gasteiger partial charge in [0, 0.05) is 38.1 Å². The van der Waals surface area contributed by atoms with E-state index in [9.17, 15) is 24.8 Å². The number of carbonyl (C=O) groups is 2. The molecule has 0 fully saturated rings. The normalized spacial score (nSPS) is 13.8. The minimum atomic E-state index is -1.11. The molecule has 4 N–H and O–H groups in total. The van der Waals surface area contributed by atoms with E-state index in [2.05, 4.69) is 25.9 Å². The zero-order chi connectivity index (χ0) is 26.2. The molecule has 0 aliphatic carbocycles. The molecule has 2 aromatic carbocycles. The van der Waals surface area contributed by atoms with Crippen LogP contribution in [0.25, 0.3) is 11.1 Å². The number of rotatable bonds is 11. The highest BCUT2D eigenvalue weighted by molar-refractivity contribution is 5.97. The van der Waals surface area contributed by atoms with E-state index in [0.29, 0.717) is 43.3 Å². The van der Waals surface area contributed by atoms with E-state index >= 15 is 0 Å². The van der Waals surface area contributed by atoms with E-state index in [1.54, 1.807) is 24.3 Å². The Kier molecular flexibility index (Phi) is 8.13. The summed E-state index contributed by atoms with van der Waals surface area (Å²) in [7, 11) is 0. The first-order valence-electron chi connectivity index (χ1n) is 11.7. The maximum absolute atomic E-state index is 12.0. The molecule has 194 valence electrons. The van der Waals surface area contributed by atoms with Crippen LogP contribution in [0, 0.1) is 10.1 Å². The van der Waals surface area contributed by atoms with Gasteiger partial charge >= 0.3 is 5.97 Å². The van der Waals surface area contributed by atoms with Gasteiger partial charge in [0.15, 0.2) is 11.5 Å². The first-order chi connectivity index (χ1) is 17.9. The molecule has 0 bridgehead atoms. The van der Waals surface area contributed by atoms with Gasteiger partial charge in [0.2, 0.25) is 5.91 Å². The maximum atomic E-state index is 12.0. The number of hydrogen-bond donors (Lipinski definition) is 4. The van der Waals surface area contributed by atoms with Crippen LogP contribution in [-0.4, -0.2) is 58.6 Å². The van der Waals surface area contributed by atoms with E-state index in [1.165, 1.54) is 18.2 Å². The number of aromatic nitrogens is 1. The van der Waals surface area contributed by atoms with Gasteiger partial charge in [0.05, 0.1) is 11.5 Å². The Labute approximate surface area is 211 Å². The van der Waals surface area contributed by atoms with Crippen molar-refractivity contribution in [2.24, 2.45) is 4.99 Å². The van der Waals surface area contributed by atoms with E-state index in [-0.39, 0.29) is 29.5 Å². The Bertz CT molecular complexity index is 1300. The van der Waals surface area contributed by atoms with Crippen molar-refractivity contribution in [3.05, 3.63) is 58.1 Å². The fourth-order valence-corrected chi connectivity index (χ4v) is 3.63. The number of nitro groups is 1. The minimum absolute atomic E-state index is 0.0433. The molecule has 1 amide bonds. The maximum Gasteiger partial charge on any atom is 0.326 e. The van der Waals surface area contributed by atoms with Crippen LogP contribution >= 0.6 is 0 Å². The van der Waals surface area contributed by atoms with Gasteiger partial charge in [0.1, 0.15) is 17.3 Å². The van der Waals surface area contributed by atoms with Crippen molar-refractivity contribution < 1.29 is 28.8 Å². The lowest BCUT2D eigenvalue weighted by molar-refractivity contribution is -0.384. The summed E-state index contributed by atoms with van der Waals surface area (Å²) in [5.41, 5.74) is 1.15. The highest BCUT2D eigenvalue weighted by atomic mass is 16.6. The number of carboxylic acid groups (broad SMARTS) is 1. The molecule has 1 aliphatic rings. The summed E-state index contributed by atoms with van der Waals surface area (Å²) < 4.78 is 11.2. The smallest absolute Gasteiger partial charge is 0.326 e. The predicted molar refractivity (Wildman–Crippen MR) is 134 cm³/mol. The number of nitrogens with one attached hydrogen (secondary N) is 3. The Morgan fingerprint density at radius 1 is 1.24 bits per heavy atom. The molecule has 37 heavy (non-hydrogen) atoms. The third-order valence-corrected chi connectivity index (χ3v) is 5.51. The number of hydrogen-bond acceptors (Lipinski definition) is 10. The van der Waals surface area contributed by atoms with Crippen LogP contribution in [0.4, 0.5) is 11.7 Å².